The van der Waals surface area contributed by atoms with E-state index in [0.29, 0.717) is 5.56 Å². The summed E-state index contributed by atoms with van der Waals surface area (Å²) in [7, 11) is 1.62. The van der Waals surface area contributed by atoms with Crippen LogP contribution >= 0.6 is 0 Å². The van der Waals surface area contributed by atoms with Crippen molar-refractivity contribution in [3.63, 3.8) is 0 Å². The van der Waals surface area contributed by atoms with Crippen LogP contribution in [-0.2, 0) is 6.42 Å². The molecule has 0 aliphatic heterocycles. The molecular weight excluding hydrogens is 202 g/mol. The maximum atomic E-state index is 11.4. The Bertz CT molecular complexity index is 363. The minimum atomic E-state index is -0.0847. The Morgan fingerprint density at radius 1 is 1.44 bits per heavy atom. The van der Waals surface area contributed by atoms with Crippen LogP contribution in [0.4, 0.5) is 0 Å². The Labute approximate surface area is 96.3 Å². The molecule has 1 aromatic heterocycles. The Morgan fingerprint density at radius 2 is 2.19 bits per heavy atom. The first-order valence-electron chi connectivity index (χ1n) is 5.57. The molecule has 0 radical (unpaired) electrons. The summed E-state index contributed by atoms with van der Waals surface area (Å²) in [6.07, 6.45) is 2.98. The number of hydrogen-bond acceptors (Lipinski definition) is 3. The van der Waals surface area contributed by atoms with Gasteiger partial charge in [-0.15, -0.1) is 0 Å². The van der Waals surface area contributed by atoms with Gasteiger partial charge in [0.25, 0.3) is 5.91 Å². The quantitative estimate of drug-likeness (QED) is 0.730. The predicted molar refractivity (Wildman–Crippen MR) is 64.4 cm³/mol. The SMILES string of the molecule is CNC(=O)c1ccc(CCCCN)nc1C. The molecule has 4 heteroatoms. The number of hydrogen-bond donors (Lipinski definition) is 2. The van der Waals surface area contributed by atoms with E-state index in [1.54, 1.807) is 7.05 Å². The summed E-state index contributed by atoms with van der Waals surface area (Å²) in [5.74, 6) is -0.0847. The first kappa shape index (κ1) is 12.6. The number of rotatable bonds is 5. The Balaban J connectivity index is 2.71. The zero-order chi connectivity index (χ0) is 12.0. The predicted octanol–water partition coefficient (Wildman–Crippen LogP) is 1.03. The lowest BCUT2D eigenvalue weighted by molar-refractivity contribution is 0.0962. The van der Waals surface area contributed by atoms with Gasteiger partial charge in [0, 0.05) is 12.7 Å². The van der Waals surface area contributed by atoms with Crippen LogP contribution in [0.3, 0.4) is 0 Å². The molecule has 0 aliphatic rings. The van der Waals surface area contributed by atoms with Crippen molar-refractivity contribution in [3.05, 3.63) is 29.1 Å². The van der Waals surface area contributed by atoms with Gasteiger partial charge in [-0.3, -0.25) is 9.78 Å². The molecule has 0 saturated carbocycles. The second-order valence-electron chi connectivity index (χ2n) is 3.76. The summed E-state index contributed by atoms with van der Waals surface area (Å²) < 4.78 is 0. The maximum Gasteiger partial charge on any atom is 0.252 e. The number of nitrogens with zero attached hydrogens (tertiary/aromatic N) is 1. The molecule has 1 heterocycles. The highest BCUT2D eigenvalue weighted by Crippen LogP contribution is 2.09. The van der Waals surface area contributed by atoms with Crippen molar-refractivity contribution in [1.82, 2.24) is 10.3 Å². The van der Waals surface area contributed by atoms with E-state index in [9.17, 15) is 4.79 Å². The molecule has 4 nitrogen and oxygen atoms in total. The molecular formula is C12H19N3O. The van der Waals surface area contributed by atoms with Crippen LogP contribution in [-0.4, -0.2) is 24.5 Å². The van der Waals surface area contributed by atoms with Crippen molar-refractivity contribution in [2.45, 2.75) is 26.2 Å². The third-order valence-corrected chi connectivity index (χ3v) is 2.50. The number of pyridine rings is 1. The molecule has 0 fully saturated rings. The lowest BCUT2D eigenvalue weighted by Gasteiger charge is -2.06. The number of carbonyl (C=O) groups is 1. The van der Waals surface area contributed by atoms with Crippen LogP contribution in [0.2, 0.25) is 0 Å². The topological polar surface area (TPSA) is 68.0 Å². The van der Waals surface area contributed by atoms with E-state index in [1.807, 2.05) is 19.1 Å². The minimum Gasteiger partial charge on any atom is -0.355 e. The van der Waals surface area contributed by atoms with Crippen LogP contribution in [0.1, 0.15) is 34.6 Å². The standard InChI is InChI=1S/C12H19N3O/c1-9-11(12(16)14-2)7-6-10(15-9)5-3-4-8-13/h6-7H,3-5,8,13H2,1-2H3,(H,14,16). The summed E-state index contributed by atoms with van der Waals surface area (Å²) in [5.41, 5.74) is 7.88. The summed E-state index contributed by atoms with van der Waals surface area (Å²) in [5, 5.41) is 2.60. The zero-order valence-corrected chi connectivity index (χ0v) is 9.92. The average Bonchev–Trinajstić information content (AvgIpc) is 2.29. The van der Waals surface area contributed by atoms with Crippen molar-refractivity contribution in [2.75, 3.05) is 13.6 Å². The van der Waals surface area contributed by atoms with Crippen molar-refractivity contribution in [2.24, 2.45) is 5.73 Å². The van der Waals surface area contributed by atoms with Crippen LogP contribution in [0.5, 0.6) is 0 Å². The number of nitrogens with one attached hydrogen (secondary N) is 1. The Kier molecular flexibility index (Phi) is 4.92. The summed E-state index contributed by atoms with van der Waals surface area (Å²) in [6.45, 7) is 2.58. The molecule has 0 saturated heterocycles. The molecule has 1 amide bonds. The molecule has 0 aliphatic carbocycles. The third kappa shape index (κ3) is 3.31. The molecule has 1 aromatic rings. The largest absolute Gasteiger partial charge is 0.355 e. The van der Waals surface area contributed by atoms with Crippen LogP contribution < -0.4 is 11.1 Å². The molecule has 1 rings (SSSR count). The highest BCUT2D eigenvalue weighted by Gasteiger charge is 2.08. The number of aromatic nitrogens is 1. The monoisotopic (exact) mass is 221 g/mol. The van der Waals surface area contributed by atoms with Crippen molar-refractivity contribution >= 4 is 5.91 Å². The second kappa shape index (κ2) is 6.23. The molecule has 88 valence electrons. The van der Waals surface area contributed by atoms with E-state index in [-0.39, 0.29) is 5.91 Å². The maximum absolute atomic E-state index is 11.4. The fourth-order valence-electron chi connectivity index (χ4n) is 1.58. The molecule has 3 N–H and O–H groups in total. The van der Waals surface area contributed by atoms with Gasteiger partial charge in [-0.25, -0.2) is 0 Å². The lowest BCUT2D eigenvalue weighted by atomic mass is 10.1. The third-order valence-electron chi connectivity index (χ3n) is 2.50. The van der Waals surface area contributed by atoms with Crippen LogP contribution in [0.15, 0.2) is 12.1 Å². The minimum absolute atomic E-state index is 0.0847. The van der Waals surface area contributed by atoms with Crippen LogP contribution in [0, 0.1) is 6.92 Å². The molecule has 0 aromatic carbocycles. The first-order chi connectivity index (χ1) is 7.69. The number of unbranched alkanes of at least 4 members (excludes halogenated alkanes) is 1. The summed E-state index contributed by atoms with van der Waals surface area (Å²) in [4.78, 5) is 15.9. The number of carbonyl (C=O) groups excluding carboxylic acids is 1. The highest BCUT2D eigenvalue weighted by molar-refractivity contribution is 5.94. The fourth-order valence-corrected chi connectivity index (χ4v) is 1.58. The van der Waals surface area contributed by atoms with E-state index in [1.165, 1.54) is 0 Å². The molecule has 0 bridgehead atoms. The van der Waals surface area contributed by atoms with Gasteiger partial charge in [0.15, 0.2) is 0 Å². The normalized spacial score (nSPS) is 10.2. The van der Waals surface area contributed by atoms with Gasteiger partial charge >= 0.3 is 0 Å². The fraction of sp³-hybridized carbons (Fsp3) is 0.500. The van der Waals surface area contributed by atoms with Gasteiger partial charge in [0.2, 0.25) is 0 Å². The zero-order valence-electron chi connectivity index (χ0n) is 9.92. The second-order valence-corrected chi connectivity index (χ2v) is 3.76. The van der Waals surface area contributed by atoms with Gasteiger partial charge in [-0.05, 0) is 44.9 Å². The number of nitrogens with two attached hydrogens (primary N) is 1. The number of amides is 1. The highest BCUT2D eigenvalue weighted by atomic mass is 16.1. The first-order valence-corrected chi connectivity index (χ1v) is 5.57. The number of aryl methyl sites for hydroxylation is 2. The van der Waals surface area contributed by atoms with E-state index in [4.69, 9.17) is 5.73 Å². The van der Waals surface area contributed by atoms with Gasteiger partial charge in [-0.2, -0.15) is 0 Å². The van der Waals surface area contributed by atoms with Crippen LogP contribution in [0.25, 0.3) is 0 Å². The smallest absolute Gasteiger partial charge is 0.252 e. The van der Waals surface area contributed by atoms with Gasteiger partial charge in [0.1, 0.15) is 0 Å². The van der Waals surface area contributed by atoms with Gasteiger partial charge in [-0.1, -0.05) is 0 Å². The average molecular weight is 221 g/mol. The Hall–Kier alpha value is -1.42. The Morgan fingerprint density at radius 3 is 2.75 bits per heavy atom. The van der Waals surface area contributed by atoms with Gasteiger partial charge in [0.05, 0.1) is 11.3 Å². The summed E-state index contributed by atoms with van der Waals surface area (Å²) in [6, 6.07) is 3.74. The van der Waals surface area contributed by atoms with Gasteiger partial charge < -0.3 is 11.1 Å². The van der Waals surface area contributed by atoms with Crippen molar-refractivity contribution in [3.8, 4) is 0 Å². The molecule has 16 heavy (non-hydrogen) atoms. The van der Waals surface area contributed by atoms with E-state index < -0.39 is 0 Å². The van der Waals surface area contributed by atoms with Crippen molar-refractivity contribution < 1.29 is 4.79 Å². The molecule has 0 unspecified atom stereocenters. The van der Waals surface area contributed by atoms with Crippen molar-refractivity contribution in [1.29, 1.82) is 0 Å². The van der Waals surface area contributed by atoms with E-state index >= 15 is 0 Å². The molecule has 0 atom stereocenters. The lowest BCUT2D eigenvalue weighted by Crippen LogP contribution is -2.19. The molecule has 0 spiro atoms. The van der Waals surface area contributed by atoms with E-state index in [2.05, 4.69) is 10.3 Å². The van der Waals surface area contributed by atoms with E-state index in [0.717, 1.165) is 37.2 Å². The summed E-state index contributed by atoms with van der Waals surface area (Å²) >= 11 is 0.